The van der Waals surface area contributed by atoms with E-state index in [9.17, 15) is 22.4 Å². The van der Waals surface area contributed by atoms with E-state index in [0.29, 0.717) is 24.1 Å². The van der Waals surface area contributed by atoms with Gasteiger partial charge in [0, 0.05) is 24.0 Å². The fourth-order valence-corrected chi connectivity index (χ4v) is 4.72. The minimum absolute atomic E-state index is 0.253. The number of halogens is 4. The number of hydrogen-bond acceptors (Lipinski definition) is 5. The van der Waals surface area contributed by atoms with Crippen molar-refractivity contribution in [2.75, 3.05) is 13.6 Å². The Morgan fingerprint density at radius 2 is 1.76 bits per heavy atom. The number of nitrogens with one attached hydrogen (secondary N) is 2. The molecule has 0 bridgehead atoms. The predicted molar refractivity (Wildman–Crippen MR) is 118 cm³/mol. The van der Waals surface area contributed by atoms with Crippen molar-refractivity contribution in [2.24, 2.45) is 0 Å². The van der Waals surface area contributed by atoms with Gasteiger partial charge in [-0.1, -0.05) is 18.2 Å². The Bertz CT molecular complexity index is 1080. The molecule has 33 heavy (non-hydrogen) atoms. The van der Waals surface area contributed by atoms with E-state index in [2.05, 4.69) is 20.6 Å². The molecule has 0 saturated heterocycles. The number of hydrogen-bond donors (Lipinski definition) is 2. The van der Waals surface area contributed by atoms with Crippen molar-refractivity contribution in [1.29, 1.82) is 0 Å². The highest BCUT2D eigenvalue weighted by atomic mass is 32.1. The van der Waals surface area contributed by atoms with Crippen LogP contribution in [0.1, 0.15) is 50.8 Å². The highest BCUT2D eigenvalue weighted by molar-refractivity contribution is 7.11. The van der Waals surface area contributed by atoms with Gasteiger partial charge in [0.1, 0.15) is 17.6 Å². The number of aryl methyl sites for hydroxylation is 2. The Hall–Kier alpha value is -2.85. The van der Waals surface area contributed by atoms with E-state index in [1.807, 2.05) is 13.8 Å². The summed E-state index contributed by atoms with van der Waals surface area (Å²) in [6.45, 7) is 4.11. The van der Waals surface area contributed by atoms with Gasteiger partial charge in [-0.3, -0.25) is 9.78 Å². The molecule has 3 aromatic rings. The van der Waals surface area contributed by atoms with Gasteiger partial charge in [-0.2, -0.15) is 13.2 Å². The summed E-state index contributed by atoms with van der Waals surface area (Å²) in [5, 5.41) is 6.64. The number of thiazole rings is 1. The number of benzene rings is 1. The van der Waals surface area contributed by atoms with Crippen LogP contribution in [0.5, 0.6) is 0 Å². The molecule has 0 aliphatic heterocycles. The molecule has 2 atom stereocenters. The van der Waals surface area contributed by atoms with Gasteiger partial charge in [0.05, 0.1) is 10.7 Å². The van der Waals surface area contributed by atoms with Crippen LogP contribution in [0.15, 0.2) is 42.6 Å². The summed E-state index contributed by atoms with van der Waals surface area (Å²) in [5.41, 5.74) is 1.10. The molecular formula is C23H24F4N4OS. The smallest absolute Gasteiger partial charge is 0.358 e. The minimum Gasteiger partial charge on any atom is -0.358 e. The Balaban J connectivity index is 1.83. The van der Waals surface area contributed by atoms with E-state index in [1.54, 1.807) is 0 Å². The van der Waals surface area contributed by atoms with Crippen molar-refractivity contribution in [3.8, 4) is 0 Å². The molecule has 5 nitrogen and oxygen atoms in total. The number of carbonyl (C=O) groups is 1. The number of carbonyl (C=O) groups excluding carboxylic acids is 1. The molecule has 176 valence electrons. The molecule has 0 aliphatic carbocycles. The molecular weight excluding hydrogens is 456 g/mol. The molecule has 2 aromatic heterocycles. The highest BCUT2D eigenvalue weighted by Gasteiger charge is 2.32. The Morgan fingerprint density at radius 1 is 1.09 bits per heavy atom. The van der Waals surface area contributed by atoms with Crippen LogP contribution in [-0.2, 0) is 11.0 Å². The molecule has 0 aliphatic rings. The van der Waals surface area contributed by atoms with Gasteiger partial charge >= 0.3 is 6.18 Å². The molecule has 2 unspecified atom stereocenters. The fourth-order valence-electron chi connectivity index (χ4n) is 3.63. The minimum atomic E-state index is -4.51. The lowest BCUT2D eigenvalue weighted by Gasteiger charge is -2.21. The van der Waals surface area contributed by atoms with Gasteiger partial charge in [0.15, 0.2) is 0 Å². The van der Waals surface area contributed by atoms with E-state index in [-0.39, 0.29) is 11.8 Å². The van der Waals surface area contributed by atoms with Crippen LogP contribution < -0.4 is 10.6 Å². The molecule has 1 amide bonds. The number of rotatable bonds is 8. The molecule has 0 fully saturated rings. The molecule has 2 heterocycles. The van der Waals surface area contributed by atoms with Crippen LogP contribution >= 0.6 is 11.3 Å². The third-order valence-corrected chi connectivity index (χ3v) is 6.42. The number of pyridine rings is 1. The molecule has 1 aromatic carbocycles. The lowest BCUT2D eigenvalue weighted by atomic mass is 9.94. The second-order valence-electron chi connectivity index (χ2n) is 7.55. The summed E-state index contributed by atoms with van der Waals surface area (Å²) in [6, 6.07) is 7.36. The van der Waals surface area contributed by atoms with Gasteiger partial charge in [-0.15, -0.1) is 11.3 Å². The van der Waals surface area contributed by atoms with E-state index in [0.717, 1.165) is 21.6 Å². The quantitative estimate of drug-likeness (QED) is 0.450. The maximum Gasteiger partial charge on any atom is 0.433 e. The van der Waals surface area contributed by atoms with Crippen molar-refractivity contribution in [3.05, 3.63) is 80.8 Å². The van der Waals surface area contributed by atoms with Crippen LogP contribution in [0.25, 0.3) is 0 Å². The van der Waals surface area contributed by atoms with E-state index in [4.69, 9.17) is 0 Å². The first-order valence-electron chi connectivity index (χ1n) is 10.3. The number of aromatic nitrogens is 2. The lowest BCUT2D eigenvalue weighted by Crippen LogP contribution is -2.36. The summed E-state index contributed by atoms with van der Waals surface area (Å²) in [7, 11) is 1.51. The topological polar surface area (TPSA) is 66.9 Å². The average Bonchev–Trinajstić information content (AvgIpc) is 3.11. The first kappa shape index (κ1) is 24.8. The number of alkyl halides is 3. The van der Waals surface area contributed by atoms with E-state index >= 15 is 0 Å². The standard InChI is InChI=1S/C23H24F4N4OS/c1-13-21(33-14(2)31-13)18(16-6-9-19(30-12-16)23(25,26)27)10-11-29-20(22(32)28-3)15-4-7-17(24)8-5-15/h4-9,12,18,20,29H,10-11H2,1-3H3,(H,28,32). The van der Waals surface area contributed by atoms with Crippen LogP contribution in [0.3, 0.4) is 0 Å². The first-order chi connectivity index (χ1) is 15.6. The largest absolute Gasteiger partial charge is 0.433 e. The summed E-state index contributed by atoms with van der Waals surface area (Å²) >= 11 is 1.48. The lowest BCUT2D eigenvalue weighted by molar-refractivity contribution is -0.141. The van der Waals surface area contributed by atoms with Gasteiger partial charge in [-0.25, -0.2) is 9.37 Å². The maximum absolute atomic E-state index is 13.3. The van der Waals surface area contributed by atoms with Crippen molar-refractivity contribution in [3.63, 3.8) is 0 Å². The molecule has 2 N–H and O–H groups in total. The molecule has 10 heteroatoms. The number of nitrogens with zero attached hydrogens (tertiary/aromatic N) is 2. The summed E-state index contributed by atoms with van der Waals surface area (Å²) < 4.78 is 52.2. The molecule has 0 radical (unpaired) electrons. The van der Waals surface area contributed by atoms with E-state index < -0.39 is 23.7 Å². The van der Waals surface area contributed by atoms with Gasteiger partial charge in [-0.05, 0) is 56.1 Å². The van der Waals surface area contributed by atoms with Crippen molar-refractivity contribution < 1.29 is 22.4 Å². The monoisotopic (exact) mass is 480 g/mol. The van der Waals surface area contributed by atoms with Crippen molar-refractivity contribution in [1.82, 2.24) is 20.6 Å². The van der Waals surface area contributed by atoms with Crippen LogP contribution in [0.4, 0.5) is 17.6 Å². The molecule has 3 rings (SSSR count). The molecule has 0 saturated carbocycles. The Morgan fingerprint density at radius 3 is 2.27 bits per heavy atom. The first-order valence-corrected chi connectivity index (χ1v) is 11.1. The molecule has 0 spiro atoms. The van der Waals surface area contributed by atoms with Crippen LogP contribution in [0.2, 0.25) is 0 Å². The van der Waals surface area contributed by atoms with Crippen molar-refractivity contribution in [2.45, 2.75) is 38.4 Å². The summed E-state index contributed by atoms with van der Waals surface area (Å²) in [6.07, 6.45) is -2.77. The second-order valence-corrected chi connectivity index (χ2v) is 8.79. The Kier molecular flexibility index (Phi) is 7.80. The average molecular weight is 481 g/mol. The van der Waals surface area contributed by atoms with Gasteiger partial charge < -0.3 is 10.6 Å². The third kappa shape index (κ3) is 6.14. The Labute approximate surface area is 193 Å². The van der Waals surface area contributed by atoms with Gasteiger partial charge in [0.25, 0.3) is 0 Å². The summed E-state index contributed by atoms with van der Waals surface area (Å²) in [5.74, 6) is -0.934. The van der Waals surface area contributed by atoms with Crippen molar-refractivity contribution >= 4 is 17.2 Å². The number of amides is 1. The number of likely N-dealkylation sites (N-methyl/N-ethyl adjacent to an activating group) is 1. The SMILES string of the molecule is CNC(=O)C(NCCC(c1ccc(C(F)(F)F)nc1)c1sc(C)nc1C)c1ccc(F)cc1. The predicted octanol–water partition coefficient (Wildman–Crippen LogP) is 4.91. The third-order valence-electron chi connectivity index (χ3n) is 5.23. The second kappa shape index (κ2) is 10.4. The highest BCUT2D eigenvalue weighted by Crippen LogP contribution is 2.35. The van der Waals surface area contributed by atoms with Crippen LogP contribution in [0, 0.1) is 19.7 Å². The fraction of sp³-hybridized carbons (Fsp3) is 0.348. The zero-order valence-electron chi connectivity index (χ0n) is 18.3. The van der Waals surface area contributed by atoms with Crippen LogP contribution in [-0.4, -0.2) is 29.5 Å². The van der Waals surface area contributed by atoms with Gasteiger partial charge in [0.2, 0.25) is 5.91 Å². The zero-order chi connectivity index (χ0) is 24.2. The zero-order valence-corrected chi connectivity index (χ0v) is 19.1. The normalized spacial score (nSPS) is 13.5. The van der Waals surface area contributed by atoms with E-state index in [1.165, 1.54) is 54.9 Å². The maximum atomic E-state index is 13.3. The summed E-state index contributed by atoms with van der Waals surface area (Å²) in [4.78, 5) is 21.4.